The van der Waals surface area contributed by atoms with Crippen molar-refractivity contribution in [3.05, 3.63) is 0 Å². The fraction of sp³-hybridized carbons (Fsp3) is 0.900. The van der Waals surface area contributed by atoms with Gasteiger partial charge in [-0.1, -0.05) is 20.3 Å². The van der Waals surface area contributed by atoms with E-state index in [2.05, 4.69) is 6.92 Å². The van der Waals surface area contributed by atoms with Crippen molar-refractivity contribution in [2.75, 3.05) is 6.61 Å². The summed E-state index contributed by atoms with van der Waals surface area (Å²) in [5, 5.41) is 8.47. The van der Waals surface area contributed by atoms with E-state index in [1.807, 2.05) is 6.92 Å². The van der Waals surface area contributed by atoms with Crippen LogP contribution in [-0.4, -0.2) is 23.8 Å². The van der Waals surface area contributed by atoms with Gasteiger partial charge in [-0.15, -0.1) is 0 Å². The first-order chi connectivity index (χ1) is 6.20. The number of unbranched alkanes of at least 4 members (excludes halogenated alkanes) is 1. The van der Waals surface area contributed by atoms with Gasteiger partial charge in [-0.05, 0) is 19.3 Å². The Morgan fingerprint density at radius 2 is 2.15 bits per heavy atom. The highest BCUT2D eigenvalue weighted by atomic mass is 16.5. The van der Waals surface area contributed by atoms with Crippen molar-refractivity contribution in [1.29, 1.82) is 0 Å². The highest BCUT2D eigenvalue weighted by Crippen LogP contribution is 2.07. The molecule has 1 atom stereocenters. The third-order valence-electron chi connectivity index (χ3n) is 1.99. The summed E-state index contributed by atoms with van der Waals surface area (Å²) in [4.78, 5) is 10.3. The standard InChI is InChI=1S/C10H20O3/c1-3-5-8-13-9(4-2)6-7-10(11)12/h9H,3-8H2,1-2H3,(H,11,12). The molecule has 1 N–H and O–H groups in total. The van der Waals surface area contributed by atoms with Crippen LogP contribution in [0.5, 0.6) is 0 Å². The summed E-state index contributed by atoms with van der Waals surface area (Å²) in [7, 11) is 0. The Morgan fingerprint density at radius 1 is 1.46 bits per heavy atom. The first-order valence-corrected chi connectivity index (χ1v) is 5.04. The number of carbonyl (C=O) groups is 1. The van der Waals surface area contributed by atoms with Crippen molar-refractivity contribution in [3.8, 4) is 0 Å². The minimum atomic E-state index is -0.738. The molecule has 0 aliphatic carbocycles. The van der Waals surface area contributed by atoms with E-state index in [1.54, 1.807) is 0 Å². The van der Waals surface area contributed by atoms with E-state index in [9.17, 15) is 4.79 Å². The van der Waals surface area contributed by atoms with Gasteiger partial charge in [0.05, 0.1) is 6.10 Å². The van der Waals surface area contributed by atoms with Crippen LogP contribution in [0.3, 0.4) is 0 Å². The fourth-order valence-corrected chi connectivity index (χ4v) is 1.08. The van der Waals surface area contributed by atoms with E-state index < -0.39 is 5.97 Å². The van der Waals surface area contributed by atoms with Crippen molar-refractivity contribution in [2.24, 2.45) is 0 Å². The van der Waals surface area contributed by atoms with Gasteiger partial charge >= 0.3 is 5.97 Å². The zero-order valence-corrected chi connectivity index (χ0v) is 8.58. The molecule has 3 heteroatoms. The van der Waals surface area contributed by atoms with Crippen LogP contribution in [0, 0.1) is 0 Å². The lowest BCUT2D eigenvalue weighted by molar-refractivity contribution is -0.137. The summed E-state index contributed by atoms with van der Waals surface area (Å²) in [5.41, 5.74) is 0. The van der Waals surface area contributed by atoms with E-state index in [0.29, 0.717) is 6.42 Å². The van der Waals surface area contributed by atoms with E-state index in [1.165, 1.54) is 0 Å². The minimum absolute atomic E-state index is 0.127. The predicted molar refractivity (Wildman–Crippen MR) is 51.8 cm³/mol. The summed E-state index contributed by atoms with van der Waals surface area (Å²) < 4.78 is 5.52. The second-order valence-electron chi connectivity index (χ2n) is 3.19. The Bertz CT molecular complexity index is 134. The summed E-state index contributed by atoms with van der Waals surface area (Å²) in [5.74, 6) is -0.738. The maximum absolute atomic E-state index is 10.3. The van der Waals surface area contributed by atoms with Crippen molar-refractivity contribution in [2.45, 2.75) is 52.1 Å². The highest BCUT2D eigenvalue weighted by Gasteiger charge is 2.08. The Morgan fingerprint density at radius 3 is 2.62 bits per heavy atom. The topological polar surface area (TPSA) is 46.5 Å². The van der Waals surface area contributed by atoms with Crippen molar-refractivity contribution in [3.63, 3.8) is 0 Å². The van der Waals surface area contributed by atoms with Gasteiger partial charge in [0.2, 0.25) is 0 Å². The van der Waals surface area contributed by atoms with Crippen molar-refractivity contribution in [1.82, 2.24) is 0 Å². The molecule has 0 radical (unpaired) electrons. The molecule has 0 saturated carbocycles. The average molecular weight is 188 g/mol. The molecule has 0 fully saturated rings. The zero-order valence-electron chi connectivity index (χ0n) is 8.58. The highest BCUT2D eigenvalue weighted by molar-refractivity contribution is 5.66. The first-order valence-electron chi connectivity index (χ1n) is 5.04. The molecule has 0 aromatic rings. The zero-order chi connectivity index (χ0) is 10.1. The second-order valence-corrected chi connectivity index (χ2v) is 3.19. The molecule has 0 aliphatic rings. The summed E-state index contributed by atoms with van der Waals surface area (Å²) in [6.07, 6.45) is 4.05. The van der Waals surface area contributed by atoms with Gasteiger partial charge in [-0.25, -0.2) is 0 Å². The summed E-state index contributed by atoms with van der Waals surface area (Å²) >= 11 is 0. The molecule has 13 heavy (non-hydrogen) atoms. The van der Waals surface area contributed by atoms with Crippen LogP contribution in [0.25, 0.3) is 0 Å². The third-order valence-corrected chi connectivity index (χ3v) is 1.99. The average Bonchev–Trinajstić information content (AvgIpc) is 2.10. The maximum Gasteiger partial charge on any atom is 0.303 e. The third kappa shape index (κ3) is 7.78. The molecule has 0 rings (SSSR count). The number of hydrogen-bond donors (Lipinski definition) is 1. The number of carboxylic acids is 1. The Hall–Kier alpha value is -0.570. The van der Waals surface area contributed by atoms with Gasteiger partial charge in [0.1, 0.15) is 0 Å². The van der Waals surface area contributed by atoms with E-state index in [-0.39, 0.29) is 12.5 Å². The number of hydrogen-bond acceptors (Lipinski definition) is 2. The second kappa shape index (κ2) is 8.05. The van der Waals surface area contributed by atoms with Gasteiger partial charge < -0.3 is 9.84 Å². The Labute approximate surface area is 80.1 Å². The number of aliphatic carboxylic acids is 1. The van der Waals surface area contributed by atoms with Crippen molar-refractivity contribution < 1.29 is 14.6 Å². The minimum Gasteiger partial charge on any atom is -0.481 e. The lowest BCUT2D eigenvalue weighted by Crippen LogP contribution is -2.14. The van der Waals surface area contributed by atoms with E-state index in [0.717, 1.165) is 25.9 Å². The molecule has 0 bridgehead atoms. The Kier molecular flexibility index (Phi) is 7.69. The largest absolute Gasteiger partial charge is 0.481 e. The van der Waals surface area contributed by atoms with Crippen LogP contribution in [0.1, 0.15) is 46.0 Å². The van der Waals surface area contributed by atoms with Gasteiger partial charge in [0.15, 0.2) is 0 Å². The smallest absolute Gasteiger partial charge is 0.303 e. The number of ether oxygens (including phenoxy) is 1. The van der Waals surface area contributed by atoms with E-state index >= 15 is 0 Å². The normalized spacial score (nSPS) is 12.8. The lowest BCUT2D eigenvalue weighted by Gasteiger charge is -2.14. The predicted octanol–water partition coefficient (Wildman–Crippen LogP) is 2.45. The number of carboxylic acid groups (broad SMARTS) is 1. The maximum atomic E-state index is 10.3. The molecule has 0 amide bonds. The first kappa shape index (κ1) is 12.4. The fourth-order valence-electron chi connectivity index (χ4n) is 1.08. The quantitative estimate of drug-likeness (QED) is 0.595. The molecule has 0 aliphatic heterocycles. The molecule has 0 spiro atoms. The van der Waals surface area contributed by atoms with Crippen LogP contribution >= 0.6 is 0 Å². The van der Waals surface area contributed by atoms with Crippen molar-refractivity contribution >= 4 is 5.97 Å². The molecule has 1 unspecified atom stereocenters. The summed E-state index contributed by atoms with van der Waals surface area (Å²) in [6, 6.07) is 0. The number of rotatable bonds is 8. The molecule has 0 saturated heterocycles. The van der Waals surface area contributed by atoms with Crippen LogP contribution in [0.4, 0.5) is 0 Å². The van der Waals surface area contributed by atoms with Crippen LogP contribution in [0.2, 0.25) is 0 Å². The molecule has 3 nitrogen and oxygen atoms in total. The molecule has 0 aromatic carbocycles. The van der Waals surface area contributed by atoms with Gasteiger partial charge in [-0.3, -0.25) is 4.79 Å². The molecule has 78 valence electrons. The Balaban J connectivity index is 3.45. The van der Waals surface area contributed by atoms with Crippen LogP contribution < -0.4 is 0 Å². The van der Waals surface area contributed by atoms with Crippen LogP contribution in [-0.2, 0) is 9.53 Å². The summed E-state index contributed by atoms with van der Waals surface area (Å²) in [6.45, 7) is 4.90. The lowest BCUT2D eigenvalue weighted by atomic mass is 10.1. The van der Waals surface area contributed by atoms with Crippen LogP contribution in [0.15, 0.2) is 0 Å². The van der Waals surface area contributed by atoms with Gasteiger partial charge in [0.25, 0.3) is 0 Å². The molecular formula is C10H20O3. The van der Waals surface area contributed by atoms with E-state index in [4.69, 9.17) is 9.84 Å². The van der Waals surface area contributed by atoms with Gasteiger partial charge in [-0.2, -0.15) is 0 Å². The molecule has 0 aromatic heterocycles. The van der Waals surface area contributed by atoms with Gasteiger partial charge in [0, 0.05) is 13.0 Å². The molecule has 0 heterocycles. The monoisotopic (exact) mass is 188 g/mol. The molecular weight excluding hydrogens is 168 g/mol. The SMILES string of the molecule is CCCCOC(CC)CCC(=O)O.